The number of rotatable bonds is 12. The van der Waals surface area contributed by atoms with Crippen molar-refractivity contribution < 1.29 is 4.79 Å². The number of aryl methyl sites for hydroxylation is 1. The van der Waals surface area contributed by atoms with Crippen molar-refractivity contribution in [2.45, 2.75) is 40.2 Å². The lowest BCUT2D eigenvalue weighted by Crippen LogP contribution is -2.41. The Labute approximate surface area is 191 Å². The van der Waals surface area contributed by atoms with Crippen LogP contribution in [0.1, 0.15) is 38.3 Å². The zero-order valence-corrected chi connectivity index (χ0v) is 20.1. The van der Waals surface area contributed by atoms with Crippen molar-refractivity contribution in [1.29, 1.82) is 0 Å². The minimum Gasteiger partial charge on any atom is -0.375 e. The fraction of sp³-hybridized carbons (Fsp3) is 0.565. The fourth-order valence-corrected chi connectivity index (χ4v) is 3.27. The van der Waals surface area contributed by atoms with E-state index in [9.17, 15) is 4.79 Å². The third-order valence-corrected chi connectivity index (χ3v) is 5.47. The number of carbonyl (C=O) groups is 1. The highest BCUT2D eigenvalue weighted by Gasteiger charge is 2.10. The van der Waals surface area contributed by atoms with Crippen molar-refractivity contribution in [3.63, 3.8) is 0 Å². The maximum absolute atomic E-state index is 12.3. The molecule has 1 aromatic carbocycles. The second-order valence-corrected chi connectivity index (χ2v) is 7.67. The summed E-state index contributed by atoms with van der Waals surface area (Å²) in [6.07, 6.45) is 1.38. The summed E-state index contributed by atoms with van der Waals surface area (Å²) in [4.78, 5) is 21.0. The Morgan fingerprint density at radius 3 is 2.41 bits per heavy atom. The zero-order chi connectivity index (χ0) is 23.3. The first-order chi connectivity index (χ1) is 15.5. The Hall–Kier alpha value is -3.10. The molecule has 0 unspecified atom stereocenters. The van der Waals surface area contributed by atoms with Gasteiger partial charge in [-0.1, -0.05) is 18.2 Å². The van der Waals surface area contributed by atoms with Crippen molar-refractivity contribution in [1.82, 2.24) is 30.3 Å². The minimum atomic E-state index is 0.148. The molecule has 0 fully saturated rings. The van der Waals surface area contributed by atoms with Crippen LogP contribution in [0.5, 0.6) is 0 Å². The Morgan fingerprint density at radius 1 is 1.09 bits per heavy atom. The van der Waals surface area contributed by atoms with Crippen molar-refractivity contribution in [3.05, 3.63) is 42.0 Å². The zero-order valence-electron chi connectivity index (χ0n) is 20.1. The summed E-state index contributed by atoms with van der Waals surface area (Å²) in [5, 5.41) is 14.9. The average Bonchev–Trinajstić information content (AvgIpc) is 3.13. The van der Waals surface area contributed by atoms with E-state index >= 15 is 0 Å². The van der Waals surface area contributed by atoms with Crippen molar-refractivity contribution in [2.24, 2.45) is 12.0 Å². The van der Waals surface area contributed by atoms with E-state index in [-0.39, 0.29) is 5.91 Å². The molecule has 0 aliphatic rings. The average molecular weight is 443 g/mol. The van der Waals surface area contributed by atoms with E-state index in [1.165, 1.54) is 5.69 Å². The van der Waals surface area contributed by atoms with E-state index < -0.39 is 0 Å². The molecular weight excluding hydrogens is 404 g/mol. The van der Waals surface area contributed by atoms with Crippen LogP contribution in [0.25, 0.3) is 0 Å². The van der Waals surface area contributed by atoms with Crippen LogP contribution in [0.15, 0.2) is 35.3 Å². The third kappa shape index (κ3) is 7.86. The van der Waals surface area contributed by atoms with Gasteiger partial charge in [0.05, 0.1) is 0 Å². The number of anilines is 1. The van der Waals surface area contributed by atoms with Gasteiger partial charge in [-0.15, -0.1) is 10.2 Å². The van der Waals surface area contributed by atoms with Gasteiger partial charge < -0.3 is 25.0 Å². The van der Waals surface area contributed by atoms with Crippen LogP contribution in [-0.4, -0.2) is 71.3 Å². The summed E-state index contributed by atoms with van der Waals surface area (Å²) in [5.74, 6) is 2.48. The number of carbonyl (C=O) groups excluding carboxylic acids is 1. The molecule has 1 amide bonds. The Kier molecular flexibility index (Phi) is 10.5. The molecule has 0 bridgehead atoms. The first-order valence-corrected chi connectivity index (χ1v) is 11.4. The molecule has 2 N–H and O–H groups in total. The fourth-order valence-electron chi connectivity index (χ4n) is 3.27. The molecule has 9 heteroatoms. The van der Waals surface area contributed by atoms with Crippen LogP contribution in [0.2, 0.25) is 0 Å². The molecular formula is C23H38N8O. The van der Waals surface area contributed by atoms with Crippen LogP contribution in [-0.2, 0) is 18.4 Å². The number of para-hydroxylation sites is 1. The summed E-state index contributed by atoms with van der Waals surface area (Å²) >= 11 is 0. The molecule has 0 atom stereocenters. The standard InChI is InChI=1S/C23H38N8O/c1-6-31(7-2)22(32)14-16-25-23(26-18-21-28-27-19(3)30(21)5)24-15-11-17-29(4)20-12-9-8-10-13-20/h8-10,12-13H,6-7,11,14-18H2,1-5H3,(H2,24,25,26). The van der Waals surface area contributed by atoms with Gasteiger partial charge >= 0.3 is 0 Å². The molecule has 1 heterocycles. The van der Waals surface area contributed by atoms with Crippen molar-refractivity contribution in [3.8, 4) is 0 Å². The van der Waals surface area contributed by atoms with E-state index in [0.717, 1.165) is 44.2 Å². The molecule has 2 rings (SSSR count). The molecule has 0 saturated carbocycles. The normalized spacial score (nSPS) is 11.3. The lowest BCUT2D eigenvalue weighted by atomic mass is 10.3. The minimum absolute atomic E-state index is 0.148. The van der Waals surface area contributed by atoms with Gasteiger partial charge in [0.1, 0.15) is 12.4 Å². The summed E-state index contributed by atoms with van der Waals surface area (Å²) < 4.78 is 1.93. The van der Waals surface area contributed by atoms with Crippen LogP contribution >= 0.6 is 0 Å². The molecule has 9 nitrogen and oxygen atoms in total. The second-order valence-electron chi connectivity index (χ2n) is 7.67. The van der Waals surface area contributed by atoms with Gasteiger partial charge in [0.2, 0.25) is 5.91 Å². The molecule has 1 aromatic heterocycles. The topological polar surface area (TPSA) is 90.7 Å². The number of nitrogens with one attached hydrogen (secondary N) is 2. The Bertz CT molecular complexity index is 845. The smallest absolute Gasteiger partial charge is 0.224 e. The number of nitrogens with zero attached hydrogens (tertiary/aromatic N) is 6. The first-order valence-electron chi connectivity index (χ1n) is 11.4. The number of hydrogen-bond acceptors (Lipinski definition) is 5. The highest BCUT2D eigenvalue weighted by Crippen LogP contribution is 2.10. The molecule has 176 valence electrons. The van der Waals surface area contributed by atoms with Crippen molar-refractivity contribution in [2.75, 3.05) is 44.7 Å². The van der Waals surface area contributed by atoms with Gasteiger partial charge in [-0.3, -0.25) is 4.79 Å². The van der Waals surface area contributed by atoms with Crippen LogP contribution in [0.3, 0.4) is 0 Å². The number of aromatic nitrogens is 3. The summed E-state index contributed by atoms with van der Waals surface area (Å²) in [6, 6.07) is 10.3. The van der Waals surface area contributed by atoms with Gasteiger partial charge in [-0.25, -0.2) is 4.99 Å². The quantitative estimate of drug-likeness (QED) is 0.297. The van der Waals surface area contributed by atoms with E-state index in [2.05, 4.69) is 49.9 Å². The molecule has 0 aliphatic carbocycles. The molecule has 32 heavy (non-hydrogen) atoms. The molecule has 0 spiro atoms. The van der Waals surface area contributed by atoms with Crippen LogP contribution in [0, 0.1) is 6.92 Å². The van der Waals surface area contributed by atoms with Crippen LogP contribution < -0.4 is 15.5 Å². The predicted molar refractivity (Wildman–Crippen MR) is 130 cm³/mol. The van der Waals surface area contributed by atoms with Crippen LogP contribution in [0.4, 0.5) is 5.69 Å². The SMILES string of the molecule is CCN(CC)C(=O)CCNC(=NCc1nnc(C)n1C)NCCCN(C)c1ccccc1. The third-order valence-electron chi connectivity index (χ3n) is 5.47. The second kappa shape index (κ2) is 13.3. The summed E-state index contributed by atoms with van der Waals surface area (Å²) in [6.45, 7) is 10.0. The van der Waals surface area contributed by atoms with Gasteiger partial charge in [0, 0.05) is 58.9 Å². The Morgan fingerprint density at radius 2 is 1.78 bits per heavy atom. The first kappa shape index (κ1) is 25.2. The lowest BCUT2D eigenvalue weighted by Gasteiger charge is -2.20. The van der Waals surface area contributed by atoms with Crippen molar-refractivity contribution >= 4 is 17.6 Å². The van der Waals surface area contributed by atoms with E-state index in [1.807, 2.05) is 55.5 Å². The summed E-state index contributed by atoms with van der Waals surface area (Å²) in [5.41, 5.74) is 1.20. The molecule has 2 aromatic rings. The van der Waals surface area contributed by atoms with E-state index in [0.29, 0.717) is 25.5 Å². The highest BCUT2D eigenvalue weighted by molar-refractivity contribution is 5.81. The summed E-state index contributed by atoms with van der Waals surface area (Å²) in [7, 11) is 4.03. The number of aliphatic imine (C=N–C) groups is 1. The molecule has 0 saturated heterocycles. The van der Waals surface area contributed by atoms with Gasteiger partial charge in [-0.05, 0) is 39.3 Å². The number of benzene rings is 1. The van der Waals surface area contributed by atoms with Gasteiger partial charge in [0.25, 0.3) is 0 Å². The maximum atomic E-state index is 12.3. The number of amides is 1. The Balaban J connectivity index is 1.88. The van der Waals surface area contributed by atoms with Gasteiger partial charge in [-0.2, -0.15) is 0 Å². The monoisotopic (exact) mass is 442 g/mol. The predicted octanol–water partition coefficient (Wildman–Crippen LogP) is 1.94. The highest BCUT2D eigenvalue weighted by atomic mass is 16.2. The maximum Gasteiger partial charge on any atom is 0.224 e. The lowest BCUT2D eigenvalue weighted by molar-refractivity contribution is -0.130. The van der Waals surface area contributed by atoms with E-state index in [4.69, 9.17) is 0 Å². The number of hydrogen-bond donors (Lipinski definition) is 2. The number of guanidine groups is 1. The molecule has 0 aliphatic heterocycles. The largest absolute Gasteiger partial charge is 0.375 e. The van der Waals surface area contributed by atoms with Gasteiger partial charge in [0.15, 0.2) is 11.8 Å². The van der Waals surface area contributed by atoms with E-state index in [1.54, 1.807) is 0 Å². The molecule has 0 radical (unpaired) electrons.